The Morgan fingerprint density at radius 3 is 2.50 bits per heavy atom. The summed E-state index contributed by atoms with van der Waals surface area (Å²) in [7, 11) is 0. The van der Waals surface area contributed by atoms with E-state index in [9.17, 15) is 18.0 Å². The summed E-state index contributed by atoms with van der Waals surface area (Å²) in [5, 5.41) is 0. The molecule has 0 saturated carbocycles. The van der Waals surface area contributed by atoms with Crippen molar-refractivity contribution in [3.63, 3.8) is 0 Å². The SMILES string of the molecule is CCCC(C)C(=O)c1ccc(Br)c(C(F)(F)F)c1. The highest BCUT2D eigenvalue weighted by atomic mass is 79.9. The van der Waals surface area contributed by atoms with E-state index in [-0.39, 0.29) is 21.7 Å². The number of hydrogen-bond donors (Lipinski definition) is 0. The van der Waals surface area contributed by atoms with Crippen LogP contribution in [-0.4, -0.2) is 5.78 Å². The minimum atomic E-state index is -4.46. The molecule has 0 N–H and O–H groups in total. The van der Waals surface area contributed by atoms with Crippen LogP contribution in [0.2, 0.25) is 0 Å². The molecule has 0 aliphatic rings. The van der Waals surface area contributed by atoms with Crippen molar-refractivity contribution in [1.29, 1.82) is 0 Å². The molecule has 1 aromatic carbocycles. The number of carbonyl (C=O) groups excluding carboxylic acids is 1. The molecule has 0 spiro atoms. The van der Waals surface area contributed by atoms with Gasteiger partial charge in [-0.15, -0.1) is 0 Å². The van der Waals surface area contributed by atoms with Gasteiger partial charge in [0.25, 0.3) is 0 Å². The minimum Gasteiger partial charge on any atom is -0.294 e. The lowest BCUT2D eigenvalue weighted by molar-refractivity contribution is -0.138. The van der Waals surface area contributed by atoms with E-state index in [1.54, 1.807) is 6.92 Å². The summed E-state index contributed by atoms with van der Waals surface area (Å²) in [5.41, 5.74) is -0.691. The van der Waals surface area contributed by atoms with E-state index < -0.39 is 11.7 Å². The predicted molar refractivity (Wildman–Crippen MR) is 67.5 cm³/mol. The summed E-state index contributed by atoms with van der Waals surface area (Å²) < 4.78 is 38.1. The summed E-state index contributed by atoms with van der Waals surface area (Å²) in [5.74, 6) is -0.493. The van der Waals surface area contributed by atoms with Gasteiger partial charge in [-0.1, -0.05) is 42.3 Å². The second-order valence-electron chi connectivity index (χ2n) is 4.25. The van der Waals surface area contributed by atoms with Crippen LogP contribution < -0.4 is 0 Å². The van der Waals surface area contributed by atoms with Crippen molar-refractivity contribution in [2.24, 2.45) is 5.92 Å². The number of rotatable bonds is 4. The standard InChI is InChI=1S/C13H14BrF3O/c1-3-4-8(2)12(18)9-5-6-11(14)10(7-9)13(15,16)17/h5-8H,3-4H2,1-2H3. The Morgan fingerprint density at radius 2 is 2.00 bits per heavy atom. The van der Waals surface area contributed by atoms with Crippen LogP contribution in [0, 0.1) is 5.92 Å². The first-order chi connectivity index (χ1) is 8.27. The molecule has 1 unspecified atom stereocenters. The highest BCUT2D eigenvalue weighted by molar-refractivity contribution is 9.10. The van der Waals surface area contributed by atoms with Crippen LogP contribution in [0.3, 0.4) is 0 Å². The van der Waals surface area contributed by atoms with Crippen molar-refractivity contribution in [1.82, 2.24) is 0 Å². The Kier molecular flexibility index (Phi) is 4.96. The average molecular weight is 323 g/mol. The molecule has 0 amide bonds. The smallest absolute Gasteiger partial charge is 0.294 e. The summed E-state index contributed by atoms with van der Waals surface area (Å²) in [4.78, 5) is 11.9. The number of halogens is 4. The van der Waals surface area contributed by atoms with Crippen molar-refractivity contribution < 1.29 is 18.0 Å². The quantitative estimate of drug-likeness (QED) is 0.706. The lowest BCUT2D eigenvalue weighted by Gasteiger charge is -2.13. The maximum Gasteiger partial charge on any atom is 0.417 e. The topological polar surface area (TPSA) is 17.1 Å². The number of alkyl halides is 3. The van der Waals surface area contributed by atoms with E-state index >= 15 is 0 Å². The van der Waals surface area contributed by atoms with E-state index in [2.05, 4.69) is 15.9 Å². The number of benzene rings is 1. The van der Waals surface area contributed by atoms with Crippen LogP contribution in [0.5, 0.6) is 0 Å². The van der Waals surface area contributed by atoms with Crippen LogP contribution >= 0.6 is 15.9 Å². The Balaban J connectivity index is 3.09. The summed E-state index contributed by atoms with van der Waals surface area (Å²) in [6.45, 7) is 3.67. The normalized spacial score (nSPS) is 13.4. The molecule has 1 nitrogen and oxygen atoms in total. The van der Waals surface area contributed by atoms with Gasteiger partial charge in [-0.2, -0.15) is 13.2 Å². The second kappa shape index (κ2) is 5.87. The van der Waals surface area contributed by atoms with E-state index in [1.165, 1.54) is 12.1 Å². The van der Waals surface area contributed by atoms with Crippen LogP contribution in [0.15, 0.2) is 22.7 Å². The Morgan fingerprint density at radius 1 is 1.39 bits per heavy atom. The molecule has 0 bridgehead atoms. The van der Waals surface area contributed by atoms with Gasteiger partial charge < -0.3 is 0 Å². The predicted octanol–water partition coefficient (Wildman–Crippen LogP) is 5.09. The van der Waals surface area contributed by atoms with Crippen LogP contribution in [0.4, 0.5) is 13.2 Å². The maximum atomic E-state index is 12.7. The zero-order valence-electron chi connectivity index (χ0n) is 10.1. The molecular formula is C13H14BrF3O. The van der Waals surface area contributed by atoms with Crippen LogP contribution in [0.25, 0.3) is 0 Å². The molecule has 18 heavy (non-hydrogen) atoms. The zero-order chi connectivity index (χ0) is 13.9. The summed E-state index contributed by atoms with van der Waals surface area (Å²) in [6.07, 6.45) is -2.95. The summed E-state index contributed by atoms with van der Waals surface area (Å²) >= 11 is 2.85. The fraction of sp³-hybridized carbons (Fsp3) is 0.462. The molecule has 1 rings (SSSR count). The summed E-state index contributed by atoms with van der Waals surface area (Å²) in [6, 6.07) is 3.61. The highest BCUT2D eigenvalue weighted by Gasteiger charge is 2.33. The van der Waals surface area contributed by atoms with Crippen molar-refractivity contribution >= 4 is 21.7 Å². The molecular weight excluding hydrogens is 309 g/mol. The lowest BCUT2D eigenvalue weighted by atomic mass is 9.94. The van der Waals surface area contributed by atoms with Gasteiger partial charge in [0.15, 0.2) is 5.78 Å². The number of carbonyl (C=O) groups is 1. The molecule has 0 saturated heterocycles. The van der Waals surface area contributed by atoms with E-state index in [0.29, 0.717) is 6.42 Å². The number of Topliss-reactive ketones (excluding diaryl/α,β-unsaturated/α-hetero) is 1. The Hall–Kier alpha value is -0.840. The molecule has 0 aliphatic carbocycles. The fourth-order valence-corrected chi connectivity index (χ4v) is 2.22. The van der Waals surface area contributed by atoms with Crippen LogP contribution in [0.1, 0.15) is 42.6 Å². The third kappa shape index (κ3) is 3.57. The maximum absolute atomic E-state index is 12.7. The largest absolute Gasteiger partial charge is 0.417 e. The number of hydrogen-bond acceptors (Lipinski definition) is 1. The molecule has 1 atom stereocenters. The molecule has 100 valence electrons. The first kappa shape index (κ1) is 15.2. The van der Waals surface area contributed by atoms with Gasteiger partial charge in [-0.3, -0.25) is 4.79 Å². The second-order valence-corrected chi connectivity index (χ2v) is 5.10. The molecule has 0 aliphatic heterocycles. The van der Waals surface area contributed by atoms with Gasteiger partial charge in [-0.25, -0.2) is 0 Å². The van der Waals surface area contributed by atoms with E-state index in [4.69, 9.17) is 0 Å². The fourth-order valence-electron chi connectivity index (χ4n) is 1.74. The number of ketones is 1. The van der Waals surface area contributed by atoms with Crippen LogP contribution in [-0.2, 0) is 6.18 Å². The lowest BCUT2D eigenvalue weighted by Crippen LogP contribution is -2.13. The van der Waals surface area contributed by atoms with E-state index in [0.717, 1.165) is 12.5 Å². The molecule has 5 heteroatoms. The van der Waals surface area contributed by atoms with Crippen molar-refractivity contribution in [2.75, 3.05) is 0 Å². The molecule has 1 aromatic rings. The average Bonchev–Trinajstić information content (AvgIpc) is 2.27. The van der Waals surface area contributed by atoms with Gasteiger partial charge in [0.2, 0.25) is 0 Å². The Bertz CT molecular complexity index is 440. The van der Waals surface area contributed by atoms with Crippen molar-refractivity contribution in [2.45, 2.75) is 32.9 Å². The first-order valence-electron chi connectivity index (χ1n) is 5.68. The minimum absolute atomic E-state index is 0.0466. The van der Waals surface area contributed by atoms with Gasteiger partial charge in [0, 0.05) is 16.0 Å². The van der Waals surface area contributed by atoms with Crippen molar-refractivity contribution in [3.05, 3.63) is 33.8 Å². The Labute approximate surface area is 113 Å². The zero-order valence-corrected chi connectivity index (χ0v) is 11.7. The van der Waals surface area contributed by atoms with Gasteiger partial charge in [-0.05, 0) is 18.6 Å². The molecule has 0 heterocycles. The monoisotopic (exact) mass is 322 g/mol. The van der Waals surface area contributed by atoms with Gasteiger partial charge >= 0.3 is 6.18 Å². The van der Waals surface area contributed by atoms with Gasteiger partial charge in [0.05, 0.1) is 5.56 Å². The highest BCUT2D eigenvalue weighted by Crippen LogP contribution is 2.35. The third-order valence-corrected chi connectivity index (χ3v) is 3.42. The molecule has 0 fully saturated rings. The van der Waals surface area contributed by atoms with Gasteiger partial charge in [0.1, 0.15) is 0 Å². The third-order valence-electron chi connectivity index (χ3n) is 2.73. The molecule has 0 radical (unpaired) electrons. The van der Waals surface area contributed by atoms with E-state index in [1.807, 2.05) is 6.92 Å². The first-order valence-corrected chi connectivity index (χ1v) is 6.47. The molecule has 0 aromatic heterocycles. The van der Waals surface area contributed by atoms with Crippen molar-refractivity contribution in [3.8, 4) is 0 Å².